The highest BCUT2D eigenvalue weighted by molar-refractivity contribution is 8.00. The number of nitrogens with zero attached hydrogens (tertiary/aromatic N) is 3. The van der Waals surface area contributed by atoms with Gasteiger partial charge in [0.15, 0.2) is 11.0 Å². The lowest BCUT2D eigenvalue weighted by molar-refractivity contribution is -0.115. The number of rotatable bonds is 8. The summed E-state index contributed by atoms with van der Waals surface area (Å²) in [6.45, 7) is 7.27. The Hall–Kier alpha value is -3.46. The molecular formula is C22H22FN5O2S. The average molecular weight is 440 g/mol. The molecule has 9 heteroatoms. The average Bonchev–Trinajstić information content (AvgIpc) is 3.10. The van der Waals surface area contributed by atoms with Gasteiger partial charge in [0, 0.05) is 24.8 Å². The fraction of sp³-hybridized carbons (Fsp3) is 0.182. The van der Waals surface area contributed by atoms with Crippen molar-refractivity contribution in [1.29, 1.82) is 0 Å². The van der Waals surface area contributed by atoms with E-state index in [1.165, 1.54) is 24.8 Å². The van der Waals surface area contributed by atoms with Crippen molar-refractivity contribution in [2.75, 3.05) is 10.6 Å². The first kappa shape index (κ1) is 22.2. The van der Waals surface area contributed by atoms with Crippen LogP contribution in [0.5, 0.6) is 0 Å². The molecule has 0 saturated carbocycles. The number of hydrogen-bond donors (Lipinski definition) is 2. The second-order valence-electron chi connectivity index (χ2n) is 6.70. The Morgan fingerprint density at radius 2 is 1.87 bits per heavy atom. The lowest BCUT2D eigenvalue weighted by Gasteiger charge is -2.13. The van der Waals surface area contributed by atoms with E-state index in [-0.39, 0.29) is 11.8 Å². The maximum absolute atomic E-state index is 14.2. The maximum atomic E-state index is 14.2. The molecule has 31 heavy (non-hydrogen) atoms. The van der Waals surface area contributed by atoms with Gasteiger partial charge in [-0.2, -0.15) is 0 Å². The number of carbonyl (C=O) groups is 2. The third-order valence-corrected chi connectivity index (χ3v) is 5.33. The minimum atomic E-state index is -0.509. The van der Waals surface area contributed by atoms with Crippen molar-refractivity contribution in [3.63, 3.8) is 0 Å². The third-order valence-electron chi connectivity index (χ3n) is 4.25. The number of thioether (sulfide) groups is 1. The SMILES string of the molecule is C=CCn1c(SC(C)C(=O)Nc2cccc(NC(C)=O)c2)nnc1-c1ccccc1F. The molecule has 0 saturated heterocycles. The van der Waals surface area contributed by atoms with Crippen LogP contribution in [-0.4, -0.2) is 31.8 Å². The Kier molecular flexibility index (Phi) is 7.19. The predicted octanol–water partition coefficient (Wildman–Crippen LogP) is 4.35. The van der Waals surface area contributed by atoms with E-state index in [1.54, 1.807) is 60.0 Å². The highest BCUT2D eigenvalue weighted by Gasteiger charge is 2.21. The molecule has 1 atom stereocenters. The molecule has 0 aliphatic carbocycles. The van der Waals surface area contributed by atoms with Crippen LogP contribution in [-0.2, 0) is 16.1 Å². The van der Waals surface area contributed by atoms with E-state index < -0.39 is 11.1 Å². The standard InChI is InChI=1S/C22H22FN5O2S/c1-4-12-28-20(18-10-5-6-11-19(18)23)26-27-22(28)31-14(2)21(30)25-17-9-7-8-16(13-17)24-15(3)29/h4-11,13-14H,1,12H2,2-3H3,(H,24,29)(H,25,30). The zero-order valence-corrected chi connectivity index (χ0v) is 17.9. The topological polar surface area (TPSA) is 88.9 Å². The number of carbonyl (C=O) groups excluding carboxylic acids is 2. The normalized spacial score (nSPS) is 11.6. The Labute approximate surface area is 183 Å². The molecule has 0 aliphatic heterocycles. The number of benzene rings is 2. The first-order valence-electron chi connectivity index (χ1n) is 9.53. The fourth-order valence-electron chi connectivity index (χ4n) is 2.84. The molecule has 1 aromatic heterocycles. The zero-order chi connectivity index (χ0) is 22.4. The number of nitrogens with one attached hydrogen (secondary N) is 2. The molecule has 2 N–H and O–H groups in total. The molecule has 3 aromatic rings. The number of aromatic nitrogens is 3. The Morgan fingerprint density at radius 3 is 2.55 bits per heavy atom. The van der Waals surface area contributed by atoms with Gasteiger partial charge in [-0.1, -0.05) is 36.0 Å². The minimum absolute atomic E-state index is 0.195. The smallest absolute Gasteiger partial charge is 0.237 e. The second-order valence-corrected chi connectivity index (χ2v) is 8.00. The lowest BCUT2D eigenvalue weighted by atomic mass is 10.2. The molecule has 7 nitrogen and oxygen atoms in total. The van der Waals surface area contributed by atoms with Crippen molar-refractivity contribution in [3.05, 3.63) is 67.0 Å². The highest BCUT2D eigenvalue weighted by Crippen LogP contribution is 2.29. The summed E-state index contributed by atoms with van der Waals surface area (Å²) in [4.78, 5) is 23.9. The number of amides is 2. The molecule has 1 heterocycles. The summed E-state index contributed by atoms with van der Waals surface area (Å²) in [6, 6.07) is 13.2. The second kappa shape index (κ2) is 10.0. The van der Waals surface area contributed by atoms with E-state index >= 15 is 0 Å². The van der Waals surface area contributed by atoms with E-state index in [0.717, 1.165) is 0 Å². The van der Waals surface area contributed by atoms with E-state index in [9.17, 15) is 14.0 Å². The van der Waals surface area contributed by atoms with Crippen LogP contribution in [0.3, 0.4) is 0 Å². The molecule has 0 radical (unpaired) electrons. The minimum Gasteiger partial charge on any atom is -0.326 e. The van der Waals surface area contributed by atoms with Gasteiger partial charge in [0.2, 0.25) is 11.8 Å². The van der Waals surface area contributed by atoms with Crippen molar-refractivity contribution in [2.45, 2.75) is 30.8 Å². The Bertz CT molecular complexity index is 1110. The van der Waals surface area contributed by atoms with Crippen molar-refractivity contribution < 1.29 is 14.0 Å². The van der Waals surface area contributed by atoms with Crippen LogP contribution in [0.2, 0.25) is 0 Å². The van der Waals surface area contributed by atoms with Gasteiger partial charge in [-0.25, -0.2) is 4.39 Å². The van der Waals surface area contributed by atoms with Crippen LogP contribution in [0, 0.1) is 5.82 Å². The predicted molar refractivity (Wildman–Crippen MR) is 120 cm³/mol. The van der Waals surface area contributed by atoms with Crippen LogP contribution in [0.15, 0.2) is 66.3 Å². The molecular weight excluding hydrogens is 417 g/mol. The van der Waals surface area contributed by atoms with E-state index in [4.69, 9.17) is 0 Å². The molecule has 2 aromatic carbocycles. The largest absolute Gasteiger partial charge is 0.326 e. The van der Waals surface area contributed by atoms with Crippen LogP contribution >= 0.6 is 11.8 Å². The monoisotopic (exact) mass is 439 g/mol. The van der Waals surface area contributed by atoms with Crippen LogP contribution in [0.4, 0.5) is 15.8 Å². The molecule has 0 bridgehead atoms. The maximum Gasteiger partial charge on any atom is 0.237 e. The summed E-state index contributed by atoms with van der Waals surface area (Å²) in [5.74, 6) is -0.470. The molecule has 0 fully saturated rings. The van der Waals surface area contributed by atoms with Crippen molar-refractivity contribution in [2.24, 2.45) is 0 Å². The molecule has 2 amide bonds. The summed E-state index contributed by atoms with van der Waals surface area (Å²) in [5, 5.41) is 13.8. The third kappa shape index (κ3) is 5.58. The first-order valence-corrected chi connectivity index (χ1v) is 10.4. The molecule has 3 rings (SSSR count). The highest BCUT2D eigenvalue weighted by atomic mass is 32.2. The number of allylic oxidation sites excluding steroid dienone is 1. The van der Waals surface area contributed by atoms with Gasteiger partial charge >= 0.3 is 0 Å². The molecule has 160 valence electrons. The summed E-state index contributed by atoms with van der Waals surface area (Å²) in [5.41, 5.74) is 1.48. The van der Waals surface area contributed by atoms with Crippen molar-refractivity contribution in [3.8, 4) is 11.4 Å². The summed E-state index contributed by atoms with van der Waals surface area (Å²) in [6.07, 6.45) is 1.66. The van der Waals surface area contributed by atoms with Gasteiger partial charge in [-0.05, 0) is 37.3 Å². The quantitative estimate of drug-likeness (QED) is 0.402. The van der Waals surface area contributed by atoms with Gasteiger partial charge in [0.25, 0.3) is 0 Å². The van der Waals surface area contributed by atoms with Crippen LogP contribution < -0.4 is 10.6 Å². The van der Waals surface area contributed by atoms with Gasteiger partial charge in [-0.15, -0.1) is 16.8 Å². The van der Waals surface area contributed by atoms with Gasteiger partial charge in [-0.3, -0.25) is 14.2 Å². The number of anilines is 2. The van der Waals surface area contributed by atoms with Crippen molar-refractivity contribution in [1.82, 2.24) is 14.8 Å². The lowest BCUT2D eigenvalue weighted by Crippen LogP contribution is -2.23. The number of halogens is 1. The summed E-state index contributed by atoms with van der Waals surface area (Å²) in [7, 11) is 0. The Balaban J connectivity index is 1.76. The van der Waals surface area contributed by atoms with E-state index in [0.29, 0.717) is 34.5 Å². The Morgan fingerprint density at radius 1 is 1.16 bits per heavy atom. The zero-order valence-electron chi connectivity index (χ0n) is 17.1. The van der Waals surface area contributed by atoms with Crippen LogP contribution in [0.25, 0.3) is 11.4 Å². The van der Waals surface area contributed by atoms with Crippen molar-refractivity contribution >= 4 is 35.0 Å². The van der Waals surface area contributed by atoms with Crippen LogP contribution in [0.1, 0.15) is 13.8 Å². The van der Waals surface area contributed by atoms with Gasteiger partial charge in [0.1, 0.15) is 5.82 Å². The first-order chi connectivity index (χ1) is 14.9. The van der Waals surface area contributed by atoms with Gasteiger partial charge in [0.05, 0.1) is 10.8 Å². The van der Waals surface area contributed by atoms with Gasteiger partial charge < -0.3 is 10.6 Å². The molecule has 0 aliphatic rings. The number of hydrogen-bond acceptors (Lipinski definition) is 5. The molecule has 0 spiro atoms. The molecule has 1 unspecified atom stereocenters. The van der Waals surface area contributed by atoms with E-state index in [2.05, 4.69) is 27.4 Å². The summed E-state index contributed by atoms with van der Waals surface area (Å²) < 4.78 is 16.0. The summed E-state index contributed by atoms with van der Waals surface area (Å²) >= 11 is 1.21. The van der Waals surface area contributed by atoms with E-state index in [1.807, 2.05) is 0 Å². The fourth-order valence-corrected chi connectivity index (χ4v) is 3.70.